The maximum Gasteiger partial charge on any atom is 0.271 e. The van der Waals surface area contributed by atoms with Crippen LogP contribution in [0.4, 0.5) is 23.0 Å². The van der Waals surface area contributed by atoms with Crippen LogP contribution in [0.2, 0.25) is 0 Å². The molecular formula is C32H41N11O4S2. The van der Waals surface area contributed by atoms with Crippen molar-refractivity contribution in [3.05, 3.63) is 88.8 Å². The van der Waals surface area contributed by atoms with Crippen LogP contribution in [0.5, 0.6) is 0 Å². The maximum atomic E-state index is 10.9. The summed E-state index contributed by atoms with van der Waals surface area (Å²) in [5.74, 6) is 1.46. The third kappa shape index (κ3) is 9.13. The molecule has 0 spiro atoms. The molecule has 17 heteroatoms. The summed E-state index contributed by atoms with van der Waals surface area (Å²) in [6, 6.07) is 9.44. The molecule has 260 valence electrons. The van der Waals surface area contributed by atoms with Crippen molar-refractivity contribution in [3.8, 4) is 0 Å². The number of fused-ring (bicyclic) bond motifs is 2. The van der Waals surface area contributed by atoms with E-state index in [4.69, 9.17) is 0 Å². The summed E-state index contributed by atoms with van der Waals surface area (Å²) in [5, 5.41) is 38.0. The number of hydrogen-bond acceptors (Lipinski definition) is 13. The summed E-state index contributed by atoms with van der Waals surface area (Å²) in [6.45, 7) is 15.4. The van der Waals surface area contributed by atoms with E-state index in [1.165, 1.54) is 42.7 Å². The molecule has 0 radical (unpaired) electrons. The third-order valence-electron chi connectivity index (χ3n) is 7.99. The van der Waals surface area contributed by atoms with Crippen molar-refractivity contribution in [2.75, 3.05) is 36.9 Å². The molecule has 0 saturated carbocycles. The molecule has 4 aromatic heterocycles. The van der Waals surface area contributed by atoms with Crippen LogP contribution in [0.3, 0.4) is 0 Å². The normalized spacial score (nSPS) is 10.9. The van der Waals surface area contributed by atoms with Crippen molar-refractivity contribution in [1.29, 1.82) is 0 Å². The average Bonchev–Trinajstić information content (AvgIpc) is 3.88. The Morgan fingerprint density at radius 1 is 0.878 bits per heavy atom. The minimum Gasteiger partial charge on any atom is -0.362 e. The van der Waals surface area contributed by atoms with Crippen LogP contribution in [0.1, 0.15) is 41.9 Å². The lowest BCUT2D eigenvalue weighted by atomic mass is 10.2. The molecule has 0 saturated heterocycles. The summed E-state index contributed by atoms with van der Waals surface area (Å²) in [6.07, 6.45) is 0. The van der Waals surface area contributed by atoms with E-state index in [1.54, 1.807) is 58.1 Å². The Hall–Kier alpha value is -5.00. The number of rotatable bonds is 11. The molecular weight excluding hydrogens is 667 g/mol. The van der Waals surface area contributed by atoms with E-state index in [0.717, 1.165) is 38.4 Å². The maximum absolute atomic E-state index is 10.9. The standard InChI is InChI=1S/C14H15N5O2S.C12H11N5O2S.C6H15N/c1-9-12(15-8-22-9)7-17(2)14-11-5-4-10(19(20)21)6-13(11)18(3)16-14;1-7-11(14-6-20-7)5-13-12-9-3-2-8(17(18)19)4-10(9)15-16-12;1-4-7(5-2)6-3/h4-6,8H,7H2,1-3H3;2-4,6H,5H2,1H3,(H2,13,15,16);4-6H2,1-3H3. The van der Waals surface area contributed by atoms with Gasteiger partial charge in [0.2, 0.25) is 0 Å². The third-order valence-corrected chi connectivity index (χ3v) is 9.59. The number of nitrogens with zero attached hydrogens (tertiary/aromatic N) is 9. The Balaban J connectivity index is 0.000000186. The number of H-pyrrole nitrogens is 1. The SMILES string of the molecule is CCN(CC)CC.Cc1scnc1CN(C)c1nn(C)c2cc([N+](=O)[O-])ccc12.Cc1scnc1CNc1n[nH]c2cc([N+](=O)[O-])ccc12. The van der Waals surface area contributed by atoms with E-state index in [-0.39, 0.29) is 11.4 Å². The van der Waals surface area contributed by atoms with E-state index in [2.05, 4.69) is 56.3 Å². The first-order valence-corrected chi connectivity index (χ1v) is 17.4. The Morgan fingerprint density at radius 3 is 1.98 bits per heavy atom. The Bertz CT molecular complexity index is 2010. The second-order valence-corrected chi connectivity index (χ2v) is 13.1. The van der Waals surface area contributed by atoms with Crippen LogP contribution >= 0.6 is 22.7 Å². The zero-order valence-electron chi connectivity index (χ0n) is 28.6. The van der Waals surface area contributed by atoms with Gasteiger partial charge in [0.25, 0.3) is 11.4 Å². The lowest BCUT2D eigenvalue weighted by molar-refractivity contribution is -0.384. The molecule has 2 N–H and O–H groups in total. The Morgan fingerprint density at radius 2 is 1.45 bits per heavy atom. The van der Waals surface area contributed by atoms with Gasteiger partial charge >= 0.3 is 0 Å². The van der Waals surface area contributed by atoms with Crippen molar-refractivity contribution >= 4 is 67.5 Å². The summed E-state index contributed by atoms with van der Waals surface area (Å²) in [7, 11) is 3.74. The monoisotopic (exact) mass is 707 g/mol. The number of aryl methyl sites for hydroxylation is 3. The van der Waals surface area contributed by atoms with Crippen LogP contribution in [-0.4, -0.2) is 71.4 Å². The second kappa shape index (κ2) is 16.9. The second-order valence-electron chi connectivity index (χ2n) is 11.0. The van der Waals surface area contributed by atoms with Gasteiger partial charge in [0.15, 0.2) is 11.6 Å². The predicted octanol–water partition coefficient (Wildman–Crippen LogP) is 7.08. The number of benzene rings is 2. The van der Waals surface area contributed by atoms with Crippen LogP contribution in [-0.2, 0) is 20.1 Å². The average molecular weight is 708 g/mol. The molecule has 6 aromatic rings. The van der Waals surface area contributed by atoms with Crippen molar-refractivity contribution in [1.82, 2.24) is 34.8 Å². The minimum atomic E-state index is -0.425. The molecule has 0 bridgehead atoms. The molecule has 49 heavy (non-hydrogen) atoms. The van der Waals surface area contributed by atoms with Crippen LogP contribution in [0.15, 0.2) is 47.4 Å². The smallest absolute Gasteiger partial charge is 0.271 e. The fourth-order valence-electron chi connectivity index (χ4n) is 4.99. The van der Waals surface area contributed by atoms with Crippen LogP contribution < -0.4 is 10.2 Å². The molecule has 2 aromatic carbocycles. The fraction of sp³-hybridized carbons (Fsp3) is 0.375. The van der Waals surface area contributed by atoms with Gasteiger partial charge < -0.3 is 15.1 Å². The highest BCUT2D eigenvalue weighted by Crippen LogP contribution is 2.29. The van der Waals surface area contributed by atoms with Gasteiger partial charge in [-0.25, -0.2) is 9.97 Å². The first kappa shape index (κ1) is 36.8. The van der Waals surface area contributed by atoms with Gasteiger partial charge in [-0.2, -0.15) is 10.2 Å². The first-order valence-electron chi connectivity index (χ1n) is 15.7. The van der Waals surface area contributed by atoms with E-state index < -0.39 is 9.85 Å². The van der Waals surface area contributed by atoms with Crippen molar-refractivity contribution in [2.45, 2.75) is 47.7 Å². The van der Waals surface area contributed by atoms with E-state index in [9.17, 15) is 20.2 Å². The topological polar surface area (TPSA) is 177 Å². The molecule has 4 heterocycles. The van der Waals surface area contributed by atoms with Crippen molar-refractivity contribution in [2.24, 2.45) is 7.05 Å². The zero-order chi connectivity index (χ0) is 35.7. The lowest BCUT2D eigenvalue weighted by Gasteiger charge is -2.15. The summed E-state index contributed by atoms with van der Waals surface area (Å²) in [4.78, 5) is 36.2. The van der Waals surface area contributed by atoms with E-state index >= 15 is 0 Å². The first-order chi connectivity index (χ1) is 23.5. The van der Waals surface area contributed by atoms with Crippen LogP contribution in [0.25, 0.3) is 21.8 Å². The minimum absolute atomic E-state index is 0.0445. The molecule has 0 amide bonds. The van der Waals surface area contributed by atoms with Crippen molar-refractivity contribution in [3.63, 3.8) is 0 Å². The Kier molecular flexibility index (Phi) is 12.7. The van der Waals surface area contributed by atoms with Crippen molar-refractivity contribution < 1.29 is 9.85 Å². The zero-order valence-corrected chi connectivity index (χ0v) is 30.3. The van der Waals surface area contributed by atoms with Gasteiger partial charge in [-0.3, -0.25) is 30.0 Å². The highest BCUT2D eigenvalue weighted by atomic mass is 32.1. The lowest BCUT2D eigenvalue weighted by Crippen LogP contribution is -2.21. The van der Waals surface area contributed by atoms with Crippen LogP contribution in [0, 0.1) is 34.1 Å². The largest absolute Gasteiger partial charge is 0.362 e. The number of anilines is 2. The highest BCUT2D eigenvalue weighted by molar-refractivity contribution is 7.09. The van der Waals surface area contributed by atoms with Gasteiger partial charge in [0, 0.05) is 58.9 Å². The van der Waals surface area contributed by atoms with Gasteiger partial charge in [-0.15, -0.1) is 22.7 Å². The summed E-state index contributed by atoms with van der Waals surface area (Å²) in [5.41, 5.74) is 7.13. The molecule has 0 unspecified atom stereocenters. The number of aromatic amines is 1. The Labute approximate surface area is 291 Å². The predicted molar refractivity (Wildman–Crippen MR) is 197 cm³/mol. The molecule has 0 fully saturated rings. The number of aromatic nitrogens is 6. The quantitative estimate of drug-likeness (QED) is 0.104. The number of nitro benzene ring substituents is 2. The van der Waals surface area contributed by atoms with Gasteiger partial charge in [-0.05, 0) is 45.6 Å². The number of hydrogen-bond donors (Lipinski definition) is 2. The highest BCUT2D eigenvalue weighted by Gasteiger charge is 2.17. The number of thiazole rings is 2. The van der Waals surface area contributed by atoms with E-state index in [1.807, 2.05) is 31.3 Å². The number of nitrogens with one attached hydrogen (secondary N) is 2. The summed E-state index contributed by atoms with van der Waals surface area (Å²) >= 11 is 3.21. The van der Waals surface area contributed by atoms with Gasteiger partial charge in [0.05, 0.1) is 56.4 Å². The number of non-ortho nitro benzene ring substituents is 2. The van der Waals surface area contributed by atoms with Gasteiger partial charge in [0.1, 0.15) is 0 Å². The fourth-order valence-corrected chi connectivity index (χ4v) is 6.18. The van der Waals surface area contributed by atoms with E-state index in [0.29, 0.717) is 24.4 Å². The summed E-state index contributed by atoms with van der Waals surface area (Å²) < 4.78 is 1.67. The molecule has 0 atom stereocenters. The van der Waals surface area contributed by atoms with Gasteiger partial charge in [-0.1, -0.05) is 20.8 Å². The molecule has 15 nitrogen and oxygen atoms in total. The molecule has 0 aliphatic rings. The molecule has 6 rings (SSSR count). The number of nitro groups is 2. The molecule has 0 aliphatic carbocycles. The molecule has 0 aliphatic heterocycles.